The summed E-state index contributed by atoms with van der Waals surface area (Å²) in [6, 6.07) is 10.3. The van der Waals surface area contributed by atoms with Crippen LogP contribution in [0.3, 0.4) is 0 Å². The van der Waals surface area contributed by atoms with E-state index in [1.165, 1.54) is 5.56 Å². The molecule has 16 heavy (non-hydrogen) atoms. The first-order valence-corrected chi connectivity index (χ1v) is 6.25. The van der Waals surface area contributed by atoms with Crippen molar-refractivity contribution < 1.29 is 9.90 Å². The Morgan fingerprint density at radius 3 is 2.50 bits per heavy atom. The molecule has 0 aliphatic carbocycles. The molecule has 0 aliphatic rings. The SMILES string of the molecule is O=C(O)[C@H](CS)CCCCc1ccccc1. The molecule has 1 rings (SSSR count). The lowest BCUT2D eigenvalue weighted by molar-refractivity contribution is -0.141. The Hall–Kier alpha value is -0.960. The normalized spacial score (nSPS) is 12.3. The van der Waals surface area contributed by atoms with E-state index in [1.54, 1.807) is 0 Å². The van der Waals surface area contributed by atoms with E-state index in [0.717, 1.165) is 25.7 Å². The minimum absolute atomic E-state index is 0.292. The van der Waals surface area contributed by atoms with Crippen LogP contribution in [0.4, 0.5) is 0 Å². The quantitative estimate of drug-likeness (QED) is 0.566. The molecule has 88 valence electrons. The molecule has 0 saturated heterocycles. The molecule has 0 aliphatic heterocycles. The molecule has 0 aromatic heterocycles. The molecule has 0 heterocycles. The number of hydrogen-bond acceptors (Lipinski definition) is 2. The van der Waals surface area contributed by atoms with Crippen LogP contribution in [-0.2, 0) is 11.2 Å². The molecule has 1 atom stereocenters. The van der Waals surface area contributed by atoms with Gasteiger partial charge in [0, 0.05) is 5.75 Å². The Morgan fingerprint density at radius 1 is 1.25 bits per heavy atom. The number of carboxylic acid groups (broad SMARTS) is 1. The van der Waals surface area contributed by atoms with Gasteiger partial charge in [0.1, 0.15) is 0 Å². The van der Waals surface area contributed by atoms with Crippen molar-refractivity contribution in [1.29, 1.82) is 0 Å². The lowest BCUT2D eigenvalue weighted by Crippen LogP contribution is -2.15. The second-order valence-corrected chi connectivity index (χ2v) is 4.31. The molecule has 3 heteroatoms. The van der Waals surface area contributed by atoms with E-state index in [0.29, 0.717) is 5.75 Å². The first-order chi connectivity index (χ1) is 7.74. The average Bonchev–Trinajstić information content (AvgIpc) is 2.30. The van der Waals surface area contributed by atoms with E-state index >= 15 is 0 Å². The van der Waals surface area contributed by atoms with Crippen LogP contribution in [0.5, 0.6) is 0 Å². The zero-order chi connectivity index (χ0) is 11.8. The number of hydrogen-bond donors (Lipinski definition) is 2. The fraction of sp³-hybridized carbons (Fsp3) is 0.462. The van der Waals surface area contributed by atoms with E-state index in [2.05, 4.69) is 24.8 Å². The van der Waals surface area contributed by atoms with Gasteiger partial charge in [0.25, 0.3) is 0 Å². The summed E-state index contributed by atoms with van der Waals surface area (Å²) in [7, 11) is 0. The van der Waals surface area contributed by atoms with Crippen molar-refractivity contribution in [2.24, 2.45) is 5.92 Å². The summed E-state index contributed by atoms with van der Waals surface area (Å²) in [6.07, 6.45) is 3.75. The van der Waals surface area contributed by atoms with E-state index in [4.69, 9.17) is 5.11 Å². The number of carboxylic acids is 1. The Labute approximate surface area is 102 Å². The Bertz CT molecular complexity index is 311. The third-order valence-corrected chi connectivity index (χ3v) is 3.12. The Morgan fingerprint density at radius 2 is 1.94 bits per heavy atom. The Kier molecular flexibility index (Phi) is 6.01. The minimum Gasteiger partial charge on any atom is -0.481 e. The van der Waals surface area contributed by atoms with Gasteiger partial charge in [0.15, 0.2) is 0 Å². The van der Waals surface area contributed by atoms with Crippen LogP contribution in [0.15, 0.2) is 30.3 Å². The largest absolute Gasteiger partial charge is 0.481 e. The number of unbranched alkanes of at least 4 members (excludes halogenated alkanes) is 1. The van der Waals surface area contributed by atoms with Crippen molar-refractivity contribution in [2.45, 2.75) is 25.7 Å². The maximum atomic E-state index is 10.7. The smallest absolute Gasteiger partial charge is 0.307 e. The van der Waals surface area contributed by atoms with Gasteiger partial charge in [-0.25, -0.2) is 0 Å². The summed E-state index contributed by atoms with van der Waals surface area (Å²) in [5.74, 6) is -0.588. The van der Waals surface area contributed by atoms with E-state index in [-0.39, 0.29) is 5.92 Å². The summed E-state index contributed by atoms with van der Waals surface area (Å²) in [5.41, 5.74) is 1.32. The molecule has 0 bridgehead atoms. The number of aliphatic carboxylic acids is 1. The number of benzene rings is 1. The molecule has 0 amide bonds. The van der Waals surface area contributed by atoms with Gasteiger partial charge in [-0.15, -0.1) is 0 Å². The fourth-order valence-electron chi connectivity index (χ4n) is 1.66. The van der Waals surface area contributed by atoms with Crippen molar-refractivity contribution in [2.75, 3.05) is 5.75 Å². The highest BCUT2D eigenvalue weighted by molar-refractivity contribution is 7.80. The molecule has 1 N–H and O–H groups in total. The molecular weight excluding hydrogens is 220 g/mol. The monoisotopic (exact) mass is 238 g/mol. The molecule has 2 nitrogen and oxygen atoms in total. The number of rotatable bonds is 7. The number of thiol groups is 1. The summed E-state index contributed by atoms with van der Waals surface area (Å²) in [6.45, 7) is 0. The van der Waals surface area contributed by atoms with Gasteiger partial charge in [0.2, 0.25) is 0 Å². The summed E-state index contributed by atoms with van der Waals surface area (Å²) < 4.78 is 0. The van der Waals surface area contributed by atoms with Crippen molar-refractivity contribution in [3.8, 4) is 0 Å². The van der Waals surface area contributed by atoms with E-state index in [1.807, 2.05) is 18.2 Å². The average molecular weight is 238 g/mol. The van der Waals surface area contributed by atoms with Crippen LogP contribution in [0, 0.1) is 5.92 Å². The van der Waals surface area contributed by atoms with Crippen molar-refractivity contribution in [3.05, 3.63) is 35.9 Å². The van der Waals surface area contributed by atoms with Gasteiger partial charge in [-0.1, -0.05) is 36.8 Å². The molecule has 1 aromatic carbocycles. The number of aryl methyl sites for hydroxylation is 1. The second-order valence-electron chi connectivity index (χ2n) is 3.95. The molecule has 0 unspecified atom stereocenters. The fourth-order valence-corrected chi connectivity index (χ4v) is 2.00. The van der Waals surface area contributed by atoms with Crippen LogP contribution in [0.25, 0.3) is 0 Å². The zero-order valence-electron chi connectivity index (χ0n) is 9.30. The van der Waals surface area contributed by atoms with Gasteiger partial charge < -0.3 is 5.11 Å². The van der Waals surface area contributed by atoms with Crippen molar-refractivity contribution in [1.82, 2.24) is 0 Å². The highest BCUT2D eigenvalue weighted by atomic mass is 32.1. The van der Waals surface area contributed by atoms with Crippen LogP contribution < -0.4 is 0 Å². The zero-order valence-corrected chi connectivity index (χ0v) is 10.2. The van der Waals surface area contributed by atoms with Crippen molar-refractivity contribution in [3.63, 3.8) is 0 Å². The molecule has 0 saturated carbocycles. The predicted octanol–water partition coefficient (Wildman–Crippen LogP) is 3.03. The van der Waals surface area contributed by atoms with Crippen LogP contribution in [-0.4, -0.2) is 16.8 Å². The van der Waals surface area contributed by atoms with Gasteiger partial charge in [-0.2, -0.15) is 12.6 Å². The molecule has 1 aromatic rings. The van der Waals surface area contributed by atoms with Gasteiger partial charge in [-0.05, 0) is 24.8 Å². The van der Waals surface area contributed by atoms with Gasteiger partial charge in [0.05, 0.1) is 5.92 Å². The minimum atomic E-state index is -0.727. The van der Waals surface area contributed by atoms with Crippen molar-refractivity contribution >= 4 is 18.6 Å². The first kappa shape index (κ1) is 13.1. The molecular formula is C13H18O2S. The van der Waals surface area contributed by atoms with Crippen LogP contribution in [0.2, 0.25) is 0 Å². The molecule has 0 spiro atoms. The highest BCUT2D eigenvalue weighted by Gasteiger charge is 2.14. The van der Waals surface area contributed by atoms with E-state index in [9.17, 15) is 4.79 Å². The lowest BCUT2D eigenvalue weighted by Gasteiger charge is -2.08. The van der Waals surface area contributed by atoms with Crippen LogP contribution >= 0.6 is 12.6 Å². The topological polar surface area (TPSA) is 37.3 Å². The maximum absolute atomic E-state index is 10.7. The molecule has 0 fully saturated rings. The molecule has 0 radical (unpaired) electrons. The van der Waals surface area contributed by atoms with E-state index < -0.39 is 5.97 Å². The summed E-state index contributed by atoms with van der Waals surface area (Å²) >= 11 is 4.05. The lowest BCUT2D eigenvalue weighted by atomic mass is 10.0. The second kappa shape index (κ2) is 7.34. The van der Waals surface area contributed by atoms with Gasteiger partial charge >= 0.3 is 5.97 Å². The first-order valence-electron chi connectivity index (χ1n) is 5.61. The summed E-state index contributed by atoms with van der Waals surface area (Å²) in [4.78, 5) is 10.7. The van der Waals surface area contributed by atoms with Crippen LogP contribution in [0.1, 0.15) is 24.8 Å². The summed E-state index contributed by atoms with van der Waals surface area (Å²) in [5, 5.41) is 8.84. The third kappa shape index (κ3) is 4.71. The standard InChI is InChI=1S/C13H18O2S/c14-13(15)12(10-16)9-5-4-8-11-6-2-1-3-7-11/h1-3,6-7,12,16H,4-5,8-10H2,(H,14,15)/t12-/m0/s1. The number of carbonyl (C=O) groups is 1. The highest BCUT2D eigenvalue weighted by Crippen LogP contribution is 2.13. The third-order valence-electron chi connectivity index (χ3n) is 2.68. The Balaban J connectivity index is 2.19. The maximum Gasteiger partial charge on any atom is 0.307 e. The predicted molar refractivity (Wildman–Crippen MR) is 69.0 cm³/mol. The van der Waals surface area contributed by atoms with Gasteiger partial charge in [-0.3, -0.25) is 4.79 Å².